The van der Waals surface area contributed by atoms with Crippen molar-refractivity contribution in [1.82, 2.24) is 9.80 Å². The van der Waals surface area contributed by atoms with E-state index in [9.17, 15) is 19.8 Å². The van der Waals surface area contributed by atoms with E-state index in [-0.39, 0.29) is 21.9 Å². The second-order valence-electron chi connectivity index (χ2n) is 7.37. The maximum Gasteiger partial charge on any atom is 0.295 e. The number of hydrogen-bond acceptors (Lipinski definition) is 5. The number of carbonyl (C=O) groups is 2. The van der Waals surface area contributed by atoms with Crippen LogP contribution in [0.5, 0.6) is 5.75 Å². The van der Waals surface area contributed by atoms with Gasteiger partial charge in [0.1, 0.15) is 11.5 Å². The second-order valence-corrected chi connectivity index (χ2v) is 8.72. The summed E-state index contributed by atoms with van der Waals surface area (Å²) in [5.74, 6) is -2.15. The Kier molecular flexibility index (Phi) is 6.85. The highest BCUT2D eigenvalue weighted by atomic mass is 79.9. The van der Waals surface area contributed by atoms with Crippen LogP contribution in [0, 0.1) is 0 Å². The van der Waals surface area contributed by atoms with Crippen LogP contribution in [-0.2, 0) is 9.59 Å². The maximum absolute atomic E-state index is 12.9. The molecule has 1 amide bonds. The lowest BCUT2D eigenvalue weighted by Gasteiger charge is -2.26. The zero-order valence-corrected chi connectivity index (χ0v) is 18.9. The number of aliphatic hydroxyl groups is 1. The van der Waals surface area contributed by atoms with Gasteiger partial charge < -0.3 is 20.0 Å². The molecule has 2 aromatic carbocycles. The number of likely N-dealkylation sites (tertiary alicyclic amines) is 1. The number of halogens is 2. The molecule has 1 fully saturated rings. The van der Waals surface area contributed by atoms with Crippen molar-refractivity contribution in [2.24, 2.45) is 0 Å². The van der Waals surface area contributed by atoms with Crippen molar-refractivity contribution in [3.8, 4) is 5.75 Å². The number of aliphatic hydroxyl groups excluding tert-OH is 1. The zero-order valence-electron chi connectivity index (χ0n) is 16.6. The number of rotatable bonds is 6. The molecule has 0 bridgehead atoms. The van der Waals surface area contributed by atoms with Gasteiger partial charge in [0.25, 0.3) is 11.7 Å². The number of hydrogen-bond donors (Lipinski definition) is 2. The second kappa shape index (κ2) is 9.20. The van der Waals surface area contributed by atoms with Crippen molar-refractivity contribution in [2.45, 2.75) is 12.5 Å². The average Bonchev–Trinajstić information content (AvgIpc) is 2.94. The Labute approximate surface area is 188 Å². The Hall–Kier alpha value is -2.35. The van der Waals surface area contributed by atoms with Crippen molar-refractivity contribution >= 4 is 45.0 Å². The minimum absolute atomic E-state index is 0.00814. The zero-order chi connectivity index (χ0) is 22.0. The lowest BCUT2D eigenvalue weighted by molar-refractivity contribution is -0.139. The number of benzene rings is 2. The van der Waals surface area contributed by atoms with Gasteiger partial charge in [-0.3, -0.25) is 9.59 Å². The van der Waals surface area contributed by atoms with Crippen molar-refractivity contribution in [3.05, 3.63) is 68.7 Å². The summed E-state index contributed by atoms with van der Waals surface area (Å²) in [5, 5.41) is 21.5. The van der Waals surface area contributed by atoms with Gasteiger partial charge in [-0.2, -0.15) is 0 Å². The fourth-order valence-electron chi connectivity index (χ4n) is 3.53. The molecular weight excluding hydrogens is 472 g/mol. The van der Waals surface area contributed by atoms with Gasteiger partial charge in [0.2, 0.25) is 0 Å². The third-order valence-corrected chi connectivity index (χ3v) is 5.65. The van der Waals surface area contributed by atoms with Crippen LogP contribution in [0.3, 0.4) is 0 Å². The Morgan fingerprint density at radius 1 is 1.20 bits per heavy atom. The highest BCUT2D eigenvalue weighted by Crippen LogP contribution is 2.41. The molecule has 1 aliphatic rings. The summed E-state index contributed by atoms with van der Waals surface area (Å²) < 4.78 is 0.782. The van der Waals surface area contributed by atoms with Gasteiger partial charge in [-0.05, 0) is 63.0 Å². The molecular formula is C22H22BrClN2O4. The largest absolute Gasteiger partial charge is 0.507 e. The molecule has 2 N–H and O–H groups in total. The standard InChI is InChI=1S/C22H22BrClN2O4/c1-25(2)9-4-10-26-19(13-5-3-6-14(23)11-13)18(21(29)22(26)30)20(28)16-12-15(24)7-8-17(16)27/h3,5-8,11-12,19,27-28H,4,9-10H2,1-2H3/t19-/m1/s1. The van der Waals surface area contributed by atoms with Gasteiger partial charge in [0.15, 0.2) is 0 Å². The third kappa shape index (κ3) is 4.53. The van der Waals surface area contributed by atoms with Gasteiger partial charge in [0.05, 0.1) is 17.2 Å². The molecule has 1 heterocycles. The first-order valence-corrected chi connectivity index (χ1v) is 10.5. The van der Waals surface area contributed by atoms with E-state index >= 15 is 0 Å². The molecule has 0 aliphatic carbocycles. The maximum atomic E-state index is 12.9. The van der Waals surface area contributed by atoms with Crippen molar-refractivity contribution < 1.29 is 19.8 Å². The molecule has 0 spiro atoms. The minimum Gasteiger partial charge on any atom is -0.507 e. The van der Waals surface area contributed by atoms with Gasteiger partial charge >= 0.3 is 0 Å². The monoisotopic (exact) mass is 492 g/mol. The van der Waals surface area contributed by atoms with Crippen molar-refractivity contribution in [1.29, 1.82) is 0 Å². The van der Waals surface area contributed by atoms with Gasteiger partial charge in [-0.15, -0.1) is 0 Å². The third-order valence-electron chi connectivity index (χ3n) is 4.92. The number of Topliss-reactive ketones (excluding diaryl/α,β-unsaturated/α-hetero) is 1. The first-order valence-electron chi connectivity index (χ1n) is 9.38. The van der Waals surface area contributed by atoms with Gasteiger partial charge in [-0.1, -0.05) is 39.7 Å². The van der Waals surface area contributed by atoms with Crippen LogP contribution in [0.4, 0.5) is 0 Å². The van der Waals surface area contributed by atoms with Crippen LogP contribution in [0.2, 0.25) is 5.02 Å². The summed E-state index contributed by atoms with van der Waals surface area (Å²) >= 11 is 9.44. The van der Waals surface area contributed by atoms with Crippen LogP contribution in [-0.4, -0.2) is 58.9 Å². The summed E-state index contributed by atoms with van der Waals surface area (Å²) in [6.45, 7) is 1.08. The number of aromatic hydroxyl groups is 1. The van der Waals surface area contributed by atoms with Crippen LogP contribution >= 0.6 is 27.5 Å². The molecule has 0 unspecified atom stereocenters. The number of phenols is 1. The normalized spacial score (nSPS) is 18.4. The minimum atomic E-state index is -0.790. The topological polar surface area (TPSA) is 81.1 Å². The molecule has 1 aliphatic heterocycles. The predicted octanol–water partition coefficient (Wildman–Crippen LogP) is 4.18. The van der Waals surface area contributed by atoms with E-state index in [1.165, 1.54) is 23.1 Å². The van der Waals surface area contributed by atoms with E-state index in [2.05, 4.69) is 15.9 Å². The fraction of sp³-hybridized carbons (Fsp3) is 0.273. The number of nitrogens with zero attached hydrogens (tertiary/aromatic N) is 2. The molecule has 2 aromatic rings. The first kappa shape index (κ1) is 22.3. The van der Waals surface area contributed by atoms with Gasteiger partial charge in [-0.25, -0.2) is 0 Å². The highest BCUT2D eigenvalue weighted by molar-refractivity contribution is 9.10. The Morgan fingerprint density at radius 2 is 1.93 bits per heavy atom. The number of amides is 1. The molecule has 1 saturated heterocycles. The summed E-state index contributed by atoms with van der Waals surface area (Å²) in [5.41, 5.74) is 0.616. The molecule has 6 nitrogen and oxygen atoms in total. The summed E-state index contributed by atoms with van der Waals surface area (Å²) in [7, 11) is 3.86. The van der Waals surface area contributed by atoms with E-state index in [1.807, 2.05) is 25.1 Å². The van der Waals surface area contributed by atoms with E-state index in [1.54, 1.807) is 18.2 Å². The van der Waals surface area contributed by atoms with Crippen LogP contribution in [0.25, 0.3) is 5.76 Å². The molecule has 0 radical (unpaired) electrons. The van der Waals surface area contributed by atoms with E-state index in [0.29, 0.717) is 18.5 Å². The summed E-state index contributed by atoms with van der Waals surface area (Å²) in [4.78, 5) is 29.3. The lowest BCUT2D eigenvalue weighted by Crippen LogP contribution is -2.32. The number of ketones is 1. The lowest BCUT2D eigenvalue weighted by atomic mass is 9.95. The fourth-order valence-corrected chi connectivity index (χ4v) is 4.12. The molecule has 0 aromatic heterocycles. The van der Waals surface area contributed by atoms with Crippen LogP contribution < -0.4 is 0 Å². The van der Waals surface area contributed by atoms with Crippen LogP contribution in [0.1, 0.15) is 23.6 Å². The first-order chi connectivity index (χ1) is 14.2. The Bertz CT molecular complexity index is 1020. The number of phenolic OH excluding ortho intramolecular Hbond substituents is 1. The summed E-state index contributed by atoms with van der Waals surface area (Å²) in [6, 6.07) is 10.6. The Balaban J connectivity index is 2.15. The van der Waals surface area contributed by atoms with E-state index in [0.717, 1.165) is 11.0 Å². The smallest absolute Gasteiger partial charge is 0.295 e. The molecule has 0 saturated carbocycles. The predicted molar refractivity (Wildman–Crippen MR) is 119 cm³/mol. The number of carbonyl (C=O) groups excluding carboxylic acids is 2. The summed E-state index contributed by atoms with van der Waals surface area (Å²) in [6.07, 6.45) is 0.660. The molecule has 3 rings (SSSR count). The quantitative estimate of drug-likeness (QED) is 0.358. The average molecular weight is 494 g/mol. The molecule has 30 heavy (non-hydrogen) atoms. The van der Waals surface area contributed by atoms with E-state index < -0.39 is 23.5 Å². The molecule has 1 atom stereocenters. The SMILES string of the molecule is CN(C)CCCN1C(=O)C(=O)C(=C(O)c2cc(Cl)ccc2O)[C@H]1c1cccc(Br)c1. The molecule has 8 heteroatoms. The molecule has 158 valence electrons. The Morgan fingerprint density at radius 3 is 2.60 bits per heavy atom. The van der Waals surface area contributed by atoms with Crippen molar-refractivity contribution in [3.63, 3.8) is 0 Å². The van der Waals surface area contributed by atoms with Crippen molar-refractivity contribution in [2.75, 3.05) is 27.2 Å². The highest BCUT2D eigenvalue weighted by Gasteiger charge is 2.46. The van der Waals surface area contributed by atoms with E-state index in [4.69, 9.17) is 11.6 Å². The van der Waals surface area contributed by atoms with Crippen LogP contribution in [0.15, 0.2) is 52.5 Å². The van der Waals surface area contributed by atoms with Gasteiger partial charge in [0, 0.05) is 16.0 Å².